The summed E-state index contributed by atoms with van der Waals surface area (Å²) in [7, 11) is 0. The predicted molar refractivity (Wildman–Crippen MR) is 77.7 cm³/mol. The quantitative estimate of drug-likeness (QED) is 0.775. The topological polar surface area (TPSA) is 25.8 Å². The summed E-state index contributed by atoms with van der Waals surface area (Å²) in [4.78, 5) is 7.42. The first-order valence-electron chi connectivity index (χ1n) is 7.33. The van der Waals surface area contributed by atoms with Crippen LogP contribution >= 0.6 is 0 Å². The Morgan fingerprint density at radius 1 is 1.14 bits per heavy atom. The molecule has 0 unspecified atom stereocenters. The fourth-order valence-electron chi connectivity index (χ4n) is 3.23. The van der Waals surface area contributed by atoms with Crippen LogP contribution in [0.4, 0.5) is 8.78 Å². The van der Waals surface area contributed by atoms with E-state index in [2.05, 4.69) is 16.9 Å². The molecule has 0 spiro atoms. The molecule has 1 fully saturated rings. The van der Waals surface area contributed by atoms with E-state index in [0.717, 1.165) is 18.1 Å². The van der Waals surface area contributed by atoms with Crippen molar-refractivity contribution < 1.29 is 8.78 Å². The van der Waals surface area contributed by atoms with Gasteiger partial charge < -0.3 is 0 Å². The zero-order valence-electron chi connectivity index (χ0n) is 12.1. The van der Waals surface area contributed by atoms with E-state index in [0.29, 0.717) is 11.1 Å². The molecule has 2 nitrogen and oxygen atoms in total. The van der Waals surface area contributed by atoms with Crippen molar-refractivity contribution in [3.63, 3.8) is 0 Å². The van der Waals surface area contributed by atoms with E-state index < -0.39 is 11.9 Å². The molecule has 4 heteroatoms. The standard InChI is InChI=1S/C17H18F2N2/c1-17(7-2-3-8-17)11-12-6-9-20-14(10-12)13-4-5-15(18)21-16(13)19/h4-6,9-10H,2-3,7-8,11H2,1H3. The number of hydrogen-bond donors (Lipinski definition) is 0. The third kappa shape index (κ3) is 3.09. The van der Waals surface area contributed by atoms with Crippen molar-refractivity contribution in [1.29, 1.82) is 0 Å². The minimum Gasteiger partial charge on any atom is -0.256 e. The average molecular weight is 288 g/mol. The molecule has 21 heavy (non-hydrogen) atoms. The highest BCUT2D eigenvalue weighted by molar-refractivity contribution is 5.59. The molecule has 0 amide bonds. The molecule has 1 saturated carbocycles. The summed E-state index contributed by atoms with van der Waals surface area (Å²) in [6, 6.07) is 6.41. The summed E-state index contributed by atoms with van der Waals surface area (Å²) in [6.45, 7) is 2.31. The van der Waals surface area contributed by atoms with Gasteiger partial charge in [-0.25, -0.2) is 0 Å². The first kappa shape index (κ1) is 14.1. The van der Waals surface area contributed by atoms with Gasteiger partial charge in [0, 0.05) is 6.20 Å². The molecule has 0 aliphatic heterocycles. The number of aromatic nitrogens is 2. The molecule has 2 aromatic rings. The van der Waals surface area contributed by atoms with Gasteiger partial charge in [0.1, 0.15) is 0 Å². The maximum Gasteiger partial charge on any atom is 0.224 e. The fourth-order valence-corrected chi connectivity index (χ4v) is 3.23. The van der Waals surface area contributed by atoms with Crippen LogP contribution in [0.1, 0.15) is 38.2 Å². The summed E-state index contributed by atoms with van der Waals surface area (Å²) in [6.07, 6.45) is 7.69. The summed E-state index contributed by atoms with van der Waals surface area (Å²) in [5.74, 6) is -1.63. The SMILES string of the molecule is CC1(Cc2ccnc(-c3ccc(F)nc3F)c2)CCCC1. The molecular weight excluding hydrogens is 270 g/mol. The number of halogens is 2. The summed E-state index contributed by atoms with van der Waals surface area (Å²) < 4.78 is 26.6. The Labute approximate surface area is 123 Å². The molecular formula is C17H18F2N2. The van der Waals surface area contributed by atoms with Crippen LogP contribution in [0.25, 0.3) is 11.3 Å². The molecule has 0 N–H and O–H groups in total. The largest absolute Gasteiger partial charge is 0.256 e. The highest BCUT2D eigenvalue weighted by atomic mass is 19.1. The van der Waals surface area contributed by atoms with E-state index in [1.165, 1.54) is 31.7 Å². The van der Waals surface area contributed by atoms with E-state index in [4.69, 9.17) is 0 Å². The van der Waals surface area contributed by atoms with Crippen molar-refractivity contribution in [2.45, 2.75) is 39.0 Å². The maximum absolute atomic E-state index is 13.8. The van der Waals surface area contributed by atoms with Gasteiger partial charge in [0.15, 0.2) is 0 Å². The van der Waals surface area contributed by atoms with Gasteiger partial charge in [-0.15, -0.1) is 0 Å². The maximum atomic E-state index is 13.8. The molecule has 110 valence electrons. The zero-order chi connectivity index (χ0) is 14.9. The Kier molecular flexibility index (Phi) is 3.70. The monoisotopic (exact) mass is 288 g/mol. The summed E-state index contributed by atoms with van der Waals surface area (Å²) in [5, 5.41) is 0. The molecule has 0 radical (unpaired) electrons. The van der Waals surface area contributed by atoms with Gasteiger partial charge in [-0.2, -0.15) is 13.8 Å². The van der Waals surface area contributed by atoms with Crippen LogP contribution in [0.2, 0.25) is 0 Å². The van der Waals surface area contributed by atoms with Gasteiger partial charge >= 0.3 is 0 Å². The molecule has 3 rings (SSSR count). The molecule has 0 saturated heterocycles. The number of nitrogens with zero attached hydrogens (tertiary/aromatic N) is 2. The molecule has 1 aliphatic carbocycles. The van der Waals surface area contributed by atoms with Gasteiger partial charge in [-0.1, -0.05) is 19.8 Å². The third-order valence-corrected chi connectivity index (χ3v) is 4.36. The van der Waals surface area contributed by atoms with Gasteiger partial charge in [0.05, 0.1) is 11.3 Å². The van der Waals surface area contributed by atoms with E-state index in [9.17, 15) is 8.78 Å². The average Bonchev–Trinajstić information content (AvgIpc) is 2.85. The second kappa shape index (κ2) is 5.51. The predicted octanol–water partition coefficient (Wildman–Crippen LogP) is 4.54. The van der Waals surface area contributed by atoms with Crippen molar-refractivity contribution in [2.75, 3.05) is 0 Å². The third-order valence-electron chi connectivity index (χ3n) is 4.36. The molecule has 2 heterocycles. The van der Waals surface area contributed by atoms with Crippen molar-refractivity contribution in [3.05, 3.63) is 47.9 Å². The lowest BCUT2D eigenvalue weighted by Gasteiger charge is -2.23. The Morgan fingerprint density at radius 2 is 1.90 bits per heavy atom. The molecule has 1 aliphatic rings. The van der Waals surface area contributed by atoms with Gasteiger partial charge in [0.2, 0.25) is 11.9 Å². The normalized spacial score (nSPS) is 17.1. The van der Waals surface area contributed by atoms with E-state index in [1.807, 2.05) is 12.1 Å². The molecule has 2 aromatic heterocycles. The Bertz CT molecular complexity index is 649. The minimum absolute atomic E-state index is 0.245. The zero-order valence-corrected chi connectivity index (χ0v) is 12.1. The van der Waals surface area contributed by atoms with Crippen LogP contribution in [0, 0.1) is 17.3 Å². The Morgan fingerprint density at radius 3 is 2.62 bits per heavy atom. The highest BCUT2D eigenvalue weighted by Crippen LogP contribution is 2.40. The molecule has 0 aromatic carbocycles. The van der Waals surface area contributed by atoms with E-state index in [-0.39, 0.29) is 5.56 Å². The van der Waals surface area contributed by atoms with Crippen LogP contribution in [-0.2, 0) is 6.42 Å². The number of pyridine rings is 2. The van der Waals surface area contributed by atoms with Gasteiger partial charge in [0.25, 0.3) is 0 Å². The lowest BCUT2D eigenvalue weighted by Crippen LogP contribution is -2.14. The van der Waals surface area contributed by atoms with E-state index in [1.54, 1.807) is 6.20 Å². The molecule has 0 bridgehead atoms. The van der Waals surface area contributed by atoms with Gasteiger partial charge in [-0.05, 0) is 54.5 Å². The summed E-state index contributed by atoms with van der Waals surface area (Å²) in [5.41, 5.74) is 2.24. The Hall–Kier alpha value is -1.84. The van der Waals surface area contributed by atoms with Crippen LogP contribution in [0.5, 0.6) is 0 Å². The number of hydrogen-bond acceptors (Lipinski definition) is 2. The van der Waals surface area contributed by atoms with Gasteiger partial charge in [-0.3, -0.25) is 4.98 Å². The first-order chi connectivity index (χ1) is 10.1. The summed E-state index contributed by atoms with van der Waals surface area (Å²) >= 11 is 0. The first-order valence-corrected chi connectivity index (χ1v) is 7.33. The van der Waals surface area contributed by atoms with Crippen LogP contribution in [0.3, 0.4) is 0 Å². The second-order valence-electron chi connectivity index (χ2n) is 6.22. The number of rotatable bonds is 3. The lowest BCUT2D eigenvalue weighted by atomic mass is 9.82. The van der Waals surface area contributed by atoms with Crippen molar-refractivity contribution in [2.24, 2.45) is 5.41 Å². The van der Waals surface area contributed by atoms with Crippen molar-refractivity contribution >= 4 is 0 Å². The minimum atomic E-state index is -0.814. The molecule has 0 atom stereocenters. The van der Waals surface area contributed by atoms with Crippen LogP contribution in [0.15, 0.2) is 30.5 Å². The van der Waals surface area contributed by atoms with Crippen LogP contribution in [-0.4, -0.2) is 9.97 Å². The van der Waals surface area contributed by atoms with E-state index >= 15 is 0 Å². The highest BCUT2D eigenvalue weighted by Gasteiger charge is 2.28. The fraction of sp³-hybridized carbons (Fsp3) is 0.412. The Balaban J connectivity index is 1.89. The lowest BCUT2D eigenvalue weighted by molar-refractivity contribution is 0.334. The second-order valence-corrected chi connectivity index (χ2v) is 6.22. The smallest absolute Gasteiger partial charge is 0.224 e. The van der Waals surface area contributed by atoms with Crippen LogP contribution < -0.4 is 0 Å². The van der Waals surface area contributed by atoms with Crippen molar-refractivity contribution in [3.8, 4) is 11.3 Å². The van der Waals surface area contributed by atoms with Crippen molar-refractivity contribution in [1.82, 2.24) is 9.97 Å².